The molecule has 1 aromatic heterocycles. The van der Waals surface area contributed by atoms with E-state index in [0.29, 0.717) is 25.0 Å². The lowest BCUT2D eigenvalue weighted by molar-refractivity contribution is -0.143. The van der Waals surface area contributed by atoms with Gasteiger partial charge in [-0.05, 0) is 69.9 Å². The Balaban J connectivity index is 1.42. The van der Waals surface area contributed by atoms with E-state index in [9.17, 15) is 36.4 Å². The lowest BCUT2D eigenvalue weighted by Crippen LogP contribution is -2.61. The van der Waals surface area contributed by atoms with Crippen LogP contribution in [0.3, 0.4) is 0 Å². The number of sulfonamides is 1. The molecule has 2 aliphatic heterocycles. The Kier molecular flexibility index (Phi) is 11.8. The van der Waals surface area contributed by atoms with Gasteiger partial charge in [0.05, 0.1) is 35.4 Å². The molecular weight excluding hydrogens is 805 g/mol. The number of nitrogens with zero attached hydrogens (tertiary/aromatic N) is 3. The molecule has 4 aliphatic rings. The number of hydrogen-bond donors (Lipinski definition) is 3. The van der Waals surface area contributed by atoms with Crippen molar-refractivity contribution in [2.45, 2.75) is 140 Å². The van der Waals surface area contributed by atoms with Crippen LogP contribution in [0.2, 0.25) is 0 Å². The van der Waals surface area contributed by atoms with E-state index < -0.39 is 129 Å². The third kappa shape index (κ3) is 8.87. The highest BCUT2D eigenvalue weighted by Gasteiger charge is 2.67. The van der Waals surface area contributed by atoms with Crippen molar-refractivity contribution < 1.29 is 59.4 Å². The van der Waals surface area contributed by atoms with Crippen molar-refractivity contribution in [1.82, 2.24) is 30.2 Å². The Bertz CT molecular complexity index is 2100. The number of ether oxygens (including phenoxy) is 3. The lowest BCUT2D eigenvalue weighted by atomic mass is 9.85. The SMILES string of the molecule is COc1ccc2nc3c(nc2c1)O[C@H]1CN(C(=O)[C@H](C(C)(C)C)NC(=O)OC(C)CCCCCC3(F)F)[C@H](C(=O)N[C@]2(C(=O)NS(=O)(=O)C3(C)CC3)C[C@H]2C(F)F)[C@@H]1C. The maximum Gasteiger partial charge on any atom is 0.408 e. The monoisotopic (exact) mass is 856 g/mol. The van der Waals surface area contributed by atoms with E-state index in [0.717, 1.165) is 4.90 Å². The third-order valence-corrected chi connectivity index (χ3v) is 14.1. The van der Waals surface area contributed by atoms with Crippen molar-refractivity contribution in [3.63, 3.8) is 0 Å². The highest BCUT2D eigenvalue weighted by Crippen LogP contribution is 2.50. The van der Waals surface area contributed by atoms with Crippen molar-refractivity contribution in [2.24, 2.45) is 17.3 Å². The predicted octanol–water partition coefficient (Wildman–Crippen LogP) is 4.96. The molecule has 6 rings (SSSR count). The average Bonchev–Trinajstić information content (AvgIpc) is 4.05. The van der Waals surface area contributed by atoms with Crippen molar-refractivity contribution in [1.29, 1.82) is 0 Å². The van der Waals surface area contributed by atoms with Gasteiger partial charge in [-0.15, -0.1) is 0 Å². The first kappa shape index (κ1) is 44.1. The molecule has 0 spiro atoms. The van der Waals surface area contributed by atoms with Crippen LogP contribution < -0.4 is 24.8 Å². The van der Waals surface area contributed by atoms with Gasteiger partial charge >= 0.3 is 6.09 Å². The Morgan fingerprint density at radius 2 is 1.73 bits per heavy atom. The fourth-order valence-electron chi connectivity index (χ4n) is 7.73. The fourth-order valence-corrected chi connectivity index (χ4v) is 9.04. The molecule has 3 heterocycles. The number of rotatable bonds is 7. The van der Waals surface area contributed by atoms with Gasteiger partial charge in [0.25, 0.3) is 11.8 Å². The maximum absolute atomic E-state index is 16.2. The van der Waals surface area contributed by atoms with Gasteiger partial charge < -0.3 is 29.7 Å². The number of carbonyl (C=O) groups excluding carboxylic acids is 4. The summed E-state index contributed by atoms with van der Waals surface area (Å²) in [4.78, 5) is 65.8. The third-order valence-electron chi connectivity index (χ3n) is 12.0. The van der Waals surface area contributed by atoms with Crippen LogP contribution in [0, 0.1) is 17.3 Å². The second kappa shape index (κ2) is 15.8. The van der Waals surface area contributed by atoms with Crippen molar-refractivity contribution in [3.8, 4) is 11.6 Å². The molecule has 15 nitrogen and oxygen atoms in total. The van der Waals surface area contributed by atoms with Crippen molar-refractivity contribution >= 4 is 44.9 Å². The zero-order valence-corrected chi connectivity index (χ0v) is 34.9. The summed E-state index contributed by atoms with van der Waals surface area (Å²) in [5.41, 5.74) is -3.88. The number of amides is 4. The van der Waals surface area contributed by atoms with Crippen molar-refractivity contribution in [3.05, 3.63) is 23.9 Å². The number of alkyl carbamates (subject to hydrolysis) is 1. The van der Waals surface area contributed by atoms with E-state index >= 15 is 8.78 Å². The summed E-state index contributed by atoms with van der Waals surface area (Å²) in [5.74, 6) is -9.93. The minimum Gasteiger partial charge on any atom is -0.497 e. The number of halogens is 4. The first-order valence-electron chi connectivity index (χ1n) is 19.8. The van der Waals surface area contributed by atoms with Crippen LogP contribution in [0.15, 0.2) is 18.2 Å². The van der Waals surface area contributed by atoms with Crippen LogP contribution in [-0.2, 0) is 35.1 Å². The molecule has 2 saturated carbocycles. The van der Waals surface area contributed by atoms with E-state index in [1.54, 1.807) is 27.7 Å². The minimum absolute atomic E-state index is 0.0691. The van der Waals surface area contributed by atoms with Gasteiger partial charge in [0.15, 0.2) is 5.69 Å². The van der Waals surface area contributed by atoms with Crippen LogP contribution in [-0.4, -0.2) is 102 Å². The number of nitrogens with one attached hydrogen (secondary N) is 3. The lowest BCUT2D eigenvalue weighted by Gasteiger charge is -2.36. The van der Waals surface area contributed by atoms with Crippen LogP contribution in [0.1, 0.15) is 98.6 Å². The molecule has 7 atom stereocenters. The first-order chi connectivity index (χ1) is 27.4. The van der Waals surface area contributed by atoms with Crippen LogP contribution in [0.5, 0.6) is 11.6 Å². The first-order valence-corrected chi connectivity index (χ1v) is 21.3. The summed E-state index contributed by atoms with van der Waals surface area (Å²) in [6.07, 6.45) is -5.54. The smallest absolute Gasteiger partial charge is 0.408 e. The molecule has 3 fully saturated rings. The standard InChI is InChI=1S/C39H52F4N6O9S/c1-20-11-9-8-10-14-39(42,43)28-32(45-25-17-22(56-7)12-13-24(25)44-28)58-26-19-49(33(51)29(36(3,4)5)46-35(53)57-20)27(21(26)2)31(50)47-38(18-23(38)30(40)41)34(52)48-59(54,55)37(6)15-16-37/h12-13,17,20-21,23,26-27,29-30H,8-11,14-16,18-19H2,1-7H3,(H,46,53)(H,47,50)(H,48,52)/t20?,21-,23+,26+,27+,29-,38-/m1/s1. The number of carbonyl (C=O) groups is 4. The summed E-state index contributed by atoms with van der Waals surface area (Å²) in [5, 5.41) is 4.98. The van der Waals surface area contributed by atoms with E-state index in [1.165, 1.54) is 39.2 Å². The van der Waals surface area contributed by atoms with Gasteiger partial charge in [0.2, 0.25) is 34.1 Å². The van der Waals surface area contributed by atoms with Gasteiger partial charge in [-0.3, -0.25) is 19.1 Å². The molecule has 2 bridgehead atoms. The zero-order valence-electron chi connectivity index (χ0n) is 34.1. The summed E-state index contributed by atoms with van der Waals surface area (Å²) in [6.45, 7) is 9.00. The number of aromatic nitrogens is 2. The van der Waals surface area contributed by atoms with E-state index in [2.05, 4.69) is 20.6 Å². The summed E-state index contributed by atoms with van der Waals surface area (Å²) in [7, 11) is -2.90. The molecule has 2 aromatic rings. The molecule has 326 valence electrons. The summed E-state index contributed by atoms with van der Waals surface area (Å²) >= 11 is 0. The normalized spacial score (nSPS) is 29.9. The molecule has 20 heteroatoms. The number of cyclic esters (lactones) is 1. The quantitative estimate of drug-likeness (QED) is 0.319. The van der Waals surface area contributed by atoms with E-state index in [1.807, 2.05) is 4.72 Å². The molecule has 1 unspecified atom stereocenters. The second-order valence-corrected chi connectivity index (χ2v) is 19.8. The summed E-state index contributed by atoms with van der Waals surface area (Å²) < 4.78 is 105. The highest BCUT2D eigenvalue weighted by molar-refractivity contribution is 7.91. The molecule has 2 aliphatic carbocycles. The molecule has 3 N–H and O–H groups in total. The van der Waals surface area contributed by atoms with Crippen LogP contribution in [0.25, 0.3) is 11.0 Å². The van der Waals surface area contributed by atoms with Gasteiger partial charge in [-0.2, -0.15) is 8.78 Å². The largest absolute Gasteiger partial charge is 0.497 e. The number of benzene rings is 1. The van der Waals surface area contributed by atoms with Crippen molar-refractivity contribution in [2.75, 3.05) is 13.7 Å². The molecule has 59 heavy (non-hydrogen) atoms. The average molecular weight is 857 g/mol. The summed E-state index contributed by atoms with van der Waals surface area (Å²) in [6, 6.07) is 1.51. The van der Waals surface area contributed by atoms with Gasteiger partial charge in [-0.1, -0.05) is 34.1 Å². The Hall–Kier alpha value is -4.49. The number of fused-ring (bicyclic) bond motifs is 4. The van der Waals surface area contributed by atoms with Crippen LogP contribution >= 0.6 is 0 Å². The van der Waals surface area contributed by atoms with E-state index in [4.69, 9.17) is 14.2 Å². The van der Waals surface area contributed by atoms with E-state index in [-0.39, 0.29) is 30.3 Å². The zero-order chi connectivity index (χ0) is 43.5. The molecule has 1 saturated heterocycles. The second-order valence-electron chi connectivity index (χ2n) is 17.6. The predicted molar refractivity (Wildman–Crippen MR) is 204 cm³/mol. The van der Waals surface area contributed by atoms with Gasteiger partial charge in [0, 0.05) is 18.4 Å². The highest BCUT2D eigenvalue weighted by atomic mass is 32.2. The molecule has 1 aromatic carbocycles. The number of alkyl halides is 4. The molecular formula is C39H52F4N6O9S. The topological polar surface area (TPSA) is 195 Å². The maximum atomic E-state index is 16.2. The van der Waals surface area contributed by atoms with Crippen LogP contribution in [0.4, 0.5) is 22.4 Å². The Morgan fingerprint density at radius 1 is 1.03 bits per heavy atom. The number of methoxy groups -OCH3 is 1. The molecule has 0 radical (unpaired) electrons. The van der Waals surface area contributed by atoms with Gasteiger partial charge in [-0.25, -0.2) is 32.0 Å². The number of hydrogen-bond acceptors (Lipinski definition) is 11. The Labute approximate surface area is 340 Å². The minimum atomic E-state index is -4.31. The fraction of sp³-hybridized carbons (Fsp3) is 0.692. The molecule has 4 amide bonds. The van der Waals surface area contributed by atoms with Gasteiger partial charge in [0.1, 0.15) is 35.6 Å². The Morgan fingerprint density at radius 3 is 2.34 bits per heavy atom.